The standard InChI is InChI=1S/C20H25NO4/c1-15(16-8-5-4-6-9-16)25-13-7-12-21-20(22)18-14-17(23-2)10-11-19(18)24-3/h4-6,8-11,14-15H,7,12-13H2,1-3H3,(H,21,22). The van der Waals surface area contributed by atoms with Gasteiger partial charge in [-0.1, -0.05) is 30.3 Å². The van der Waals surface area contributed by atoms with Crippen molar-refractivity contribution in [3.8, 4) is 11.5 Å². The Balaban J connectivity index is 1.77. The van der Waals surface area contributed by atoms with Crippen molar-refractivity contribution >= 4 is 5.91 Å². The quantitative estimate of drug-likeness (QED) is 0.707. The summed E-state index contributed by atoms with van der Waals surface area (Å²) in [5.74, 6) is 0.949. The van der Waals surface area contributed by atoms with E-state index < -0.39 is 0 Å². The Hall–Kier alpha value is -2.53. The third-order valence-electron chi connectivity index (χ3n) is 3.89. The number of ether oxygens (including phenoxy) is 3. The minimum atomic E-state index is -0.188. The minimum Gasteiger partial charge on any atom is -0.497 e. The molecule has 0 fully saturated rings. The van der Waals surface area contributed by atoms with Gasteiger partial charge in [0.25, 0.3) is 5.91 Å². The van der Waals surface area contributed by atoms with Gasteiger partial charge in [0.05, 0.1) is 25.9 Å². The van der Waals surface area contributed by atoms with E-state index in [0.29, 0.717) is 30.2 Å². The number of nitrogens with one attached hydrogen (secondary N) is 1. The predicted molar refractivity (Wildman–Crippen MR) is 97.3 cm³/mol. The molecule has 0 spiro atoms. The van der Waals surface area contributed by atoms with Crippen LogP contribution < -0.4 is 14.8 Å². The first-order chi connectivity index (χ1) is 12.2. The van der Waals surface area contributed by atoms with Crippen molar-refractivity contribution in [3.63, 3.8) is 0 Å². The molecule has 0 radical (unpaired) electrons. The van der Waals surface area contributed by atoms with Gasteiger partial charge in [0, 0.05) is 13.2 Å². The largest absolute Gasteiger partial charge is 0.497 e. The van der Waals surface area contributed by atoms with Crippen LogP contribution in [0.15, 0.2) is 48.5 Å². The molecular weight excluding hydrogens is 318 g/mol. The van der Waals surface area contributed by atoms with E-state index in [9.17, 15) is 4.79 Å². The van der Waals surface area contributed by atoms with E-state index in [2.05, 4.69) is 5.32 Å². The molecule has 1 unspecified atom stereocenters. The van der Waals surface area contributed by atoms with Crippen LogP contribution in [-0.2, 0) is 4.74 Å². The number of carbonyl (C=O) groups excluding carboxylic acids is 1. The number of hydrogen-bond donors (Lipinski definition) is 1. The van der Waals surface area contributed by atoms with Crippen LogP contribution in [0.25, 0.3) is 0 Å². The second-order valence-corrected chi connectivity index (χ2v) is 5.60. The molecule has 1 atom stereocenters. The monoisotopic (exact) mass is 343 g/mol. The topological polar surface area (TPSA) is 56.8 Å². The van der Waals surface area contributed by atoms with E-state index in [0.717, 1.165) is 12.0 Å². The highest BCUT2D eigenvalue weighted by molar-refractivity contribution is 5.97. The van der Waals surface area contributed by atoms with Crippen LogP contribution in [0, 0.1) is 0 Å². The number of rotatable bonds is 9. The third-order valence-corrected chi connectivity index (χ3v) is 3.89. The molecule has 0 heterocycles. The highest BCUT2D eigenvalue weighted by atomic mass is 16.5. The van der Waals surface area contributed by atoms with Crippen molar-refractivity contribution in [2.45, 2.75) is 19.4 Å². The lowest BCUT2D eigenvalue weighted by molar-refractivity contribution is 0.0635. The van der Waals surface area contributed by atoms with Crippen molar-refractivity contribution in [3.05, 3.63) is 59.7 Å². The number of amides is 1. The zero-order chi connectivity index (χ0) is 18.1. The summed E-state index contributed by atoms with van der Waals surface area (Å²) in [5, 5.41) is 2.88. The molecular formula is C20H25NO4. The average Bonchev–Trinajstić information content (AvgIpc) is 2.67. The van der Waals surface area contributed by atoms with E-state index in [-0.39, 0.29) is 12.0 Å². The van der Waals surface area contributed by atoms with E-state index >= 15 is 0 Å². The first-order valence-corrected chi connectivity index (χ1v) is 8.32. The van der Waals surface area contributed by atoms with Gasteiger partial charge in [0.1, 0.15) is 11.5 Å². The van der Waals surface area contributed by atoms with Gasteiger partial charge in [-0.25, -0.2) is 0 Å². The van der Waals surface area contributed by atoms with Gasteiger partial charge in [0.15, 0.2) is 0 Å². The highest BCUT2D eigenvalue weighted by Gasteiger charge is 2.13. The van der Waals surface area contributed by atoms with Crippen molar-refractivity contribution in [1.82, 2.24) is 5.32 Å². The first kappa shape index (κ1) is 18.8. The van der Waals surface area contributed by atoms with Crippen LogP contribution in [0.2, 0.25) is 0 Å². The fourth-order valence-electron chi connectivity index (χ4n) is 2.44. The lowest BCUT2D eigenvalue weighted by atomic mass is 10.1. The first-order valence-electron chi connectivity index (χ1n) is 8.32. The Bertz CT molecular complexity index is 673. The average molecular weight is 343 g/mol. The molecule has 2 aromatic carbocycles. The number of benzene rings is 2. The number of carbonyl (C=O) groups is 1. The molecule has 0 aliphatic heterocycles. The van der Waals surface area contributed by atoms with Gasteiger partial charge in [-0.05, 0) is 37.1 Å². The van der Waals surface area contributed by atoms with E-state index in [1.807, 2.05) is 37.3 Å². The zero-order valence-corrected chi connectivity index (χ0v) is 15.0. The van der Waals surface area contributed by atoms with Crippen LogP contribution in [0.5, 0.6) is 11.5 Å². The SMILES string of the molecule is COc1ccc(OC)c(C(=O)NCCCOC(C)c2ccccc2)c1. The normalized spacial score (nSPS) is 11.6. The van der Waals surface area contributed by atoms with E-state index in [4.69, 9.17) is 14.2 Å². The summed E-state index contributed by atoms with van der Waals surface area (Å²) in [6.45, 7) is 3.13. The Morgan fingerprint density at radius 2 is 1.84 bits per heavy atom. The summed E-state index contributed by atoms with van der Waals surface area (Å²) < 4.78 is 16.2. The highest BCUT2D eigenvalue weighted by Crippen LogP contribution is 2.23. The fourth-order valence-corrected chi connectivity index (χ4v) is 2.44. The molecule has 1 amide bonds. The molecule has 2 rings (SSSR count). The minimum absolute atomic E-state index is 0.0374. The molecule has 0 saturated carbocycles. The van der Waals surface area contributed by atoms with E-state index in [1.165, 1.54) is 7.11 Å². The Morgan fingerprint density at radius 3 is 2.52 bits per heavy atom. The van der Waals surface area contributed by atoms with Crippen molar-refractivity contribution in [2.24, 2.45) is 0 Å². The van der Waals surface area contributed by atoms with Crippen LogP contribution in [0.1, 0.15) is 35.4 Å². The molecule has 5 nitrogen and oxygen atoms in total. The lowest BCUT2D eigenvalue weighted by Gasteiger charge is -2.14. The maximum atomic E-state index is 12.3. The van der Waals surface area contributed by atoms with Crippen molar-refractivity contribution in [2.75, 3.05) is 27.4 Å². The summed E-state index contributed by atoms with van der Waals surface area (Å²) in [7, 11) is 3.10. The summed E-state index contributed by atoms with van der Waals surface area (Å²) in [4.78, 5) is 12.3. The molecule has 0 bridgehead atoms. The van der Waals surface area contributed by atoms with E-state index in [1.54, 1.807) is 25.3 Å². The molecule has 25 heavy (non-hydrogen) atoms. The molecule has 0 aromatic heterocycles. The van der Waals surface area contributed by atoms with Crippen LogP contribution in [-0.4, -0.2) is 33.3 Å². The molecule has 0 saturated heterocycles. The fraction of sp³-hybridized carbons (Fsp3) is 0.350. The lowest BCUT2D eigenvalue weighted by Crippen LogP contribution is -2.25. The summed E-state index contributed by atoms with van der Waals surface area (Å²) >= 11 is 0. The summed E-state index contributed by atoms with van der Waals surface area (Å²) in [6, 6.07) is 15.2. The van der Waals surface area contributed by atoms with Crippen molar-refractivity contribution in [1.29, 1.82) is 0 Å². The molecule has 5 heteroatoms. The second kappa shape index (κ2) is 9.69. The molecule has 0 aliphatic rings. The zero-order valence-electron chi connectivity index (χ0n) is 15.0. The summed E-state index contributed by atoms with van der Waals surface area (Å²) in [5.41, 5.74) is 1.60. The van der Waals surface area contributed by atoms with Gasteiger partial charge in [-0.15, -0.1) is 0 Å². The second-order valence-electron chi connectivity index (χ2n) is 5.60. The smallest absolute Gasteiger partial charge is 0.255 e. The Morgan fingerprint density at radius 1 is 1.08 bits per heavy atom. The molecule has 2 aromatic rings. The maximum absolute atomic E-state index is 12.3. The Labute approximate surface area is 148 Å². The number of hydrogen-bond acceptors (Lipinski definition) is 4. The maximum Gasteiger partial charge on any atom is 0.255 e. The Kier molecular flexibility index (Phi) is 7.29. The van der Waals surface area contributed by atoms with Gasteiger partial charge in [-0.2, -0.15) is 0 Å². The molecule has 1 N–H and O–H groups in total. The predicted octanol–water partition coefficient (Wildman–Crippen LogP) is 3.60. The third kappa shape index (κ3) is 5.50. The van der Waals surface area contributed by atoms with Gasteiger partial charge >= 0.3 is 0 Å². The van der Waals surface area contributed by atoms with Crippen molar-refractivity contribution < 1.29 is 19.0 Å². The summed E-state index contributed by atoms with van der Waals surface area (Å²) in [6.07, 6.45) is 0.769. The van der Waals surface area contributed by atoms with Crippen LogP contribution in [0.3, 0.4) is 0 Å². The molecule has 0 aliphatic carbocycles. The number of methoxy groups -OCH3 is 2. The molecule has 134 valence electrons. The van der Waals surface area contributed by atoms with Crippen LogP contribution in [0.4, 0.5) is 0 Å². The van der Waals surface area contributed by atoms with Gasteiger partial charge < -0.3 is 19.5 Å². The van der Waals surface area contributed by atoms with Gasteiger partial charge in [0.2, 0.25) is 0 Å². The van der Waals surface area contributed by atoms with Crippen LogP contribution >= 0.6 is 0 Å². The van der Waals surface area contributed by atoms with Gasteiger partial charge in [-0.3, -0.25) is 4.79 Å².